The van der Waals surface area contributed by atoms with E-state index in [1.165, 1.54) is 64.2 Å². The van der Waals surface area contributed by atoms with Gasteiger partial charge in [-0.3, -0.25) is 4.79 Å². The van der Waals surface area contributed by atoms with E-state index in [4.69, 9.17) is 18.9 Å². The first kappa shape index (κ1) is 62.3. The number of aliphatic hydroxyl groups excluding tert-OH is 8. The number of carbonyl (C=O) groups is 1. The molecule has 0 radical (unpaired) electrons. The minimum absolute atomic E-state index is 0.213. The van der Waals surface area contributed by atoms with Crippen LogP contribution in [0.1, 0.15) is 162 Å². The van der Waals surface area contributed by atoms with Crippen molar-refractivity contribution in [3.05, 3.63) is 85.1 Å². The smallest absolute Gasteiger partial charge is 0.220 e. The normalized spacial score (nSPS) is 26.9. The van der Waals surface area contributed by atoms with Crippen LogP contribution in [0, 0.1) is 0 Å². The SMILES string of the molecule is CC/C=C\C/C=C\C/C=C\C/C=C\CCCCC(=O)NC(COC1OC(CO)C(OC2OC(CO)C(O)C(O)C2O)C(O)C1O)C(O)/C=C/CC/C=C/CC/C=C/CCCCCCCCCCCC. The zero-order valence-electron chi connectivity index (χ0n) is 42.0. The molecule has 0 bridgehead atoms. The molecule has 2 aliphatic heterocycles. The maximum absolute atomic E-state index is 13.2. The van der Waals surface area contributed by atoms with Crippen LogP contribution in [0.4, 0.5) is 0 Å². The third-order valence-electron chi connectivity index (χ3n) is 12.3. The second-order valence-electron chi connectivity index (χ2n) is 18.2. The van der Waals surface area contributed by atoms with Gasteiger partial charge >= 0.3 is 0 Å². The zero-order valence-corrected chi connectivity index (χ0v) is 42.0. The largest absolute Gasteiger partial charge is 0.394 e. The summed E-state index contributed by atoms with van der Waals surface area (Å²) in [5.74, 6) is -0.298. The van der Waals surface area contributed by atoms with Crippen molar-refractivity contribution in [2.24, 2.45) is 0 Å². The van der Waals surface area contributed by atoms with Gasteiger partial charge < -0.3 is 65.1 Å². The second kappa shape index (κ2) is 40.7. The Kier molecular flexibility index (Phi) is 36.8. The summed E-state index contributed by atoms with van der Waals surface area (Å²) in [5.41, 5.74) is 0. The number of allylic oxidation sites excluding steroid dienone is 13. The molecule has 0 aromatic heterocycles. The Hall–Kier alpha value is -2.83. The number of unbranched alkanes of at least 4 members (excludes halogenated alkanes) is 14. The molecule has 2 aliphatic rings. The summed E-state index contributed by atoms with van der Waals surface area (Å²) in [4.78, 5) is 13.2. The van der Waals surface area contributed by atoms with Crippen LogP contribution < -0.4 is 5.32 Å². The molecule has 2 saturated heterocycles. The van der Waals surface area contributed by atoms with Crippen molar-refractivity contribution < 1.29 is 64.6 Å². The van der Waals surface area contributed by atoms with Crippen molar-refractivity contribution >= 4 is 5.91 Å². The van der Waals surface area contributed by atoms with Crippen LogP contribution in [-0.2, 0) is 23.7 Å². The Bertz CT molecular complexity index is 1480. The summed E-state index contributed by atoms with van der Waals surface area (Å²) in [5, 5.41) is 86.7. The summed E-state index contributed by atoms with van der Waals surface area (Å²) in [6.45, 7) is 2.60. The molecule has 2 heterocycles. The highest BCUT2D eigenvalue weighted by Crippen LogP contribution is 2.30. The Labute approximate surface area is 414 Å². The van der Waals surface area contributed by atoms with Crippen LogP contribution in [0.5, 0.6) is 0 Å². The lowest BCUT2D eigenvalue weighted by Gasteiger charge is -2.46. The molecule has 2 rings (SSSR count). The van der Waals surface area contributed by atoms with Gasteiger partial charge in [0.15, 0.2) is 12.6 Å². The fraction of sp³-hybridized carbons (Fsp3) is 0.727. The number of rotatable bonds is 39. The first-order valence-electron chi connectivity index (χ1n) is 26.3. The first-order chi connectivity index (χ1) is 33.6. The van der Waals surface area contributed by atoms with Crippen molar-refractivity contribution in [3.63, 3.8) is 0 Å². The molecule has 0 saturated carbocycles. The van der Waals surface area contributed by atoms with Crippen molar-refractivity contribution in [3.8, 4) is 0 Å². The molecule has 0 aromatic carbocycles. The van der Waals surface area contributed by atoms with Gasteiger partial charge in [0.1, 0.15) is 48.8 Å². The molecule has 2 fully saturated rings. The van der Waals surface area contributed by atoms with Crippen LogP contribution in [-0.4, -0.2) is 140 Å². The maximum atomic E-state index is 13.2. The molecule has 0 aromatic rings. The van der Waals surface area contributed by atoms with E-state index in [-0.39, 0.29) is 18.9 Å². The van der Waals surface area contributed by atoms with Crippen molar-refractivity contribution in [2.75, 3.05) is 19.8 Å². The third-order valence-corrected chi connectivity index (χ3v) is 12.3. The van der Waals surface area contributed by atoms with E-state index in [0.29, 0.717) is 12.8 Å². The quantitative estimate of drug-likeness (QED) is 0.0217. The first-order valence-corrected chi connectivity index (χ1v) is 26.3. The number of nitrogens with one attached hydrogen (secondary N) is 1. The molecule has 14 nitrogen and oxygen atoms in total. The van der Waals surface area contributed by atoms with Crippen LogP contribution in [0.15, 0.2) is 85.1 Å². The van der Waals surface area contributed by atoms with Crippen molar-refractivity contribution in [1.29, 1.82) is 0 Å². The average Bonchev–Trinajstić information content (AvgIpc) is 3.35. The van der Waals surface area contributed by atoms with E-state index in [0.717, 1.165) is 64.2 Å². The van der Waals surface area contributed by atoms with E-state index in [1.54, 1.807) is 6.08 Å². The summed E-state index contributed by atoms with van der Waals surface area (Å²) in [6, 6.07) is -0.964. The molecule has 12 atom stereocenters. The van der Waals surface area contributed by atoms with E-state index in [1.807, 2.05) is 6.08 Å². The van der Waals surface area contributed by atoms with Crippen molar-refractivity contribution in [2.45, 2.75) is 235 Å². The van der Waals surface area contributed by atoms with Gasteiger partial charge in [-0.1, -0.05) is 157 Å². The average molecular weight is 976 g/mol. The molecule has 14 heteroatoms. The number of carbonyl (C=O) groups excluding carboxylic acids is 1. The predicted molar refractivity (Wildman–Crippen MR) is 272 cm³/mol. The van der Waals surface area contributed by atoms with E-state index >= 15 is 0 Å². The van der Waals surface area contributed by atoms with Gasteiger partial charge in [-0.2, -0.15) is 0 Å². The molecule has 9 N–H and O–H groups in total. The van der Waals surface area contributed by atoms with Crippen molar-refractivity contribution in [1.82, 2.24) is 5.32 Å². The lowest BCUT2D eigenvalue weighted by Crippen LogP contribution is -2.65. The summed E-state index contributed by atoms with van der Waals surface area (Å²) < 4.78 is 22.7. The number of amides is 1. The van der Waals surface area contributed by atoms with Gasteiger partial charge in [0, 0.05) is 6.42 Å². The van der Waals surface area contributed by atoms with Gasteiger partial charge in [0.05, 0.1) is 32.0 Å². The van der Waals surface area contributed by atoms with Crippen LogP contribution in [0.25, 0.3) is 0 Å². The summed E-state index contributed by atoms with van der Waals surface area (Å²) in [7, 11) is 0. The molecular weight excluding hydrogens is 883 g/mol. The summed E-state index contributed by atoms with van der Waals surface area (Å²) in [6.07, 6.45) is 36.3. The lowest BCUT2D eigenvalue weighted by atomic mass is 9.97. The number of ether oxygens (including phenoxy) is 4. The van der Waals surface area contributed by atoms with Gasteiger partial charge in [-0.15, -0.1) is 0 Å². The summed E-state index contributed by atoms with van der Waals surface area (Å²) >= 11 is 0. The number of hydrogen-bond donors (Lipinski definition) is 9. The Balaban J connectivity index is 1.88. The van der Waals surface area contributed by atoms with Crippen LogP contribution >= 0.6 is 0 Å². The van der Waals surface area contributed by atoms with Gasteiger partial charge in [0.25, 0.3) is 0 Å². The van der Waals surface area contributed by atoms with E-state index < -0.39 is 86.8 Å². The Morgan fingerprint density at radius 3 is 1.59 bits per heavy atom. The highest BCUT2D eigenvalue weighted by atomic mass is 16.7. The highest BCUT2D eigenvalue weighted by molar-refractivity contribution is 5.76. The number of hydrogen-bond acceptors (Lipinski definition) is 13. The van der Waals surface area contributed by atoms with Gasteiger partial charge in [-0.05, 0) is 83.5 Å². The zero-order chi connectivity index (χ0) is 50.3. The van der Waals surface area contributed by atoms with Gasteiger partial charge in [-0.25, -0.2) is 0 Å². The van der Waals surface area contributed by atoms with Crippen LogP contribution in [0.2, 0.25) is 0 Å². The fourth-order valence-electron chi connectivity index (χ4n) is 8.02. The topological polar surface area (TPSA) is 228 Å². The van der Waals surface area contributed by atoms with Gasteiger partial charge in [0.2, 0.25) is 5.91 Å². The number of aliphatic hydroxyl groups is 8. The molecule has 396 valence electrons. The molecule has 0 spiro atoms. The lowest BCUT2D eigenvalue weighted by molar-refractivity contribution is -0.359. The predicted octanol–water partition coefficient (Wildman–Crippen LogP) is 7.38. The minimum Gasteiger partial charge on any atom is -0.394 e. The molecule has 1 amide bonds. The molecule has 69 heavy (non-hydrogen) atoms. The molecule has 0 aliphatic carbocycles. The van der Waals surface area contributed by atoms with Crippen LogP contribution in [0.3, 0.4) is 0 Å². The van der Waals surface area contributed by atoms with E-state index in [9.17, 15) is 45.6 Å². The molecular formula is C55H93NO13. The fourth-order valence-corrected chi connectivity index (χ4v) is 8.02. The Morgan fingerprint density at radius 1 is 0.536 bits per heavy atom. The minimum atomic E-state index is -1.80. The highest BCUT2D eigenvalue weighted by Gasteiger charge is 2.51. The second-order valence-corrected chi connectivity index (χ2v) is 18.2. The molecule has 12 unspecified atom stereocenters. The third kappa shape index (κ3) is 27.5. The monoisotopic (exact) mass is 976 g/mol. The van der Waals surface area contributed by atoms with E-state index in [2.05, 4.69) is 92.1 Å². The maximum Gasteiger partial charge on any atom is 0.220 e. The standard InChI is InChI=1S/C55H93NO13/c1-3-5-7-9-11-13-15-17-19-20-21-22-23-25-26-28-30-32-34-36-38-44(59)43(56-47(60)39-37-35-33-31-29-27-24-18-16-14-12-10-8-6-4-2)42-66-54-52(65)50(63)53(46(41-58)68-54)69-55-51(64)49(62)48(61)45(40-57)67-55/h6,8,12,14,18,22-24,28-31,36,38,43-46,48-55,57-59,61-65H,3-5,7,9-11,13,15-17,19-21,25-27,32-35,37,39-42H2,1-2H3,(H,56,60)/b8-6-,14-12-,23-22+,24-18-,30-28+,31-29-,38-36+. The Morgan fingerprint density at radius 2 is 1.01 bits per heavy atom.